The second kappa shape index (κ2) is 4.89. The monoisotopic (exact) mass is 314 g/mol. The van der Waals surface area contributed by atoms with Gasteiger partial charge in [0.2, 0.25) is 0 Å². The van der Waals surface area contributed by atoms with Crippen molar-refractivity contribution in [3.8, 4) is 0 Å². The minimum Gasteiger partial charge on any atom is -0.366 e. The number of carbonyl (C=O) groups is 2. The third-order valence-electron chi connectivity index (χ3n) is 4.07. The van der Waals surface area contributed by atoms with E-state index in [9.17, 15) is 14.7 Å². The Morgan fingerprint density at radius 2 is 2.09 bits per heavy atom. The normalized spacial score (nSPS) is 37.0. The number of rotatable bonds is 3. The number of hydrogen-bond donors (Lipinski definition) is 2. The van der Waals surface area contributed by atoms with Gasteiger partial charge in [0, 0.05) is 0 Å². The molecule has 2 amide bonds. The Bertz CT molecular complexity index is 500. The van der Waals surface area contributed by atoms with Crippen molar-refractivity contribution >= 4 is 11.8 Å². The zero-order valence-corrected chi connectivity index (χ0v) is 13.2. The number of nitrogens with one attached hydrogen (secondary N) is 1. The van der Waals surface area contributed by atoms with E-state index < -0.39 is 35.7 Å². The average molecular weight is 314 g/mol. The number of carbonyl (C=O) groups excluding carboxylic acids is 2. The van der Waals surface area contributed by atoms with Gasteiger partial charge in [0.15, 0.2) is 11.6 Å². The largest absolute Gasteiger partial charge is 0.366 e. The smallest absolute Gasteiger partial charge is 0.313 e. The summed E-state index contributed by atoms with van der Waals surface area (Å²) in [4.78, 5) is 25.3. The van der Waals surface area contributed by atoms with Crippen LogP contribution in [0.1, 0.15) is 34.1 Å². The van der Waals surface area contributed by atoms with Crippen molar-refractivity contribution in [2.75, 3.05) is 6.61 Å². The standard InChI is InChI=1S/C14H22N2O6/c1-13(2,19)20-6-7-5-8-9(22-14(3,4)21-8)10-15-11(17)12(18)16(7)10/h7-10,19H,5-6H2,1-4H3,(H,15,17). The lowest BCUT2D eigenvalue weighted by molar-refractivity contribution is -0.193. The molecule has 0 aliphatic carbocycles. The molecule has 3 saturated heterocycles. The van der Waals surface area contributed by atoms with Gasteiger partial charge in [-0.2, -0.15) is 0 Å². The zero-order valence-electron chi connectivity index (χ0n) is 13.2. The van der Waals surface area contributed by atoms with Crippen LogP contribution in [0.5, 0.6) is 0 Å². The molecule has 3 aliphatic heterocycles. The molecule has 0 spiro atoms. The van der Waals surface area contributed by atoms with E-state index >= 15 is 0 Å². The third-order valence-corrected chi connectivity index (χ3v) is 4.07. The first-order valence-electron chi connectivity index (χ1n) is 7.42. The molecular formula is C14H22N2O6. The Balaban J connectivity index is 1.82. The highest BCUT2D eigenvalue weighted by molar-refractivity contribution is 6.37. The van der Waals surface area contributed by atoms with Crippen LogP contribution in [0.15, 0.2) is 0 Å². The van der Waals surface area contributed by atoms with E-state index in [1.807, 2.05) is 0 Å². The first-order valence-corrected chi connectivity index (χ1v) is 7.42. The van der Waals surface area contributed by atoms with Crippen LogP contribution in [0.4, 0.5) is 0 Å². The molecule has 2 N–H and O–H groups in total. The van der Waals surface area contributed by atoms with Crippen molar-refractivity contribution in [2.45, 2.75) is 70.1 Å². The molecule has 4 unspecified atom stereocenters. The Kier molecular flexibility index (Phi) is 3.48. The summed E-state index contributed by atoms with van der Waals surface area (Å²) in [7, 11) is 0. The lowest BCUT2D eigenvalue weighted by atomic mass is 9.95. The molecular weight excluding hydrogens is 292 g/mol. The highest BCUT2D eigenvalue weighted by Gasteiger charge is 2.58. The van der Waals surface area contributed by atoms with E-state index in [2.05, 4.69) is 5.32 Å². The van der Waals surface area contributed by atoms with E-state index in [1.54, 1.807) is 13.8 Å². The predicted molar refractivity (Wildman–Crippen MR) is 73.3 cm³/mol. The second-order valence-corrected chi connectivity index (χ2v) is 6.92. The Labute approximate surface area is 128 Å². The molecule has 0 radical (unpaired) electrons. The van der Waals surface area contributed by atoms with Gasteiger partial charge in [-0.3, -0.25) is 9.59 Å². The molecule has 124 valence electrons. The van der Waals surface area contributed by atoms with Crippen LogP contribution in [0.3, 0.4) is 0 Å². The average Bonchev–Trinajstić information content (AvgIpc) is 2.83. The van der Waals surface area contributed by atoms with Crippen LogP contribution >= 0.6 is 0 Å². The molecule has 0 saturated carbocycles. The number of hydrogen-bond acceptors (Lipinski definition) is 6. The lowest BCUT2D eigenvalue weighted by Gasteiger charge is -2.41. The highest BCUT2D eigenvalue weighted by Crippen LogP contribution is 2.39. The fourth-order valence-corrected chi connectivity index (χ4v) is 3.29. The van der Waals surface area contributed by atoms with Gasteiger partial charge in [-0.05, 0) is 34.1 Å². The number of fused-ring (bicyclic) bond motifs is 3. The van der Waals surface area contributed by atoms with E-state index in [1.165, 1.54) is 18.7 Å². The topological polar surface area (TPSA) is 97.3 Å². The van der Waals surface area contributed by atoms with E-state index in [-0.39, 0.29) is 18.8 Å². The summed E-state index contributed by atoms with van der Waals surface area (Å²) in [6.07, 6.45) is -0.709. The molecule has 0 aromatic heterocycles. The minimum atomic E-state index is -1.31. The summed E-state index contributed by atoms with van der Waals surface area (Å²) in [5, 5.41) is 12.4. The molecule has 22 heavy (non-hydrogen) atoms. The van der Waals surface area contributed by atoms with Crippen LogP contribution < -0.4 is 5.32 Å². The molecule has 0 aromatic rings. The van der Waals surface area contributed by atoms with Crippen molar-refractivity contribution < 1.29 is 28.9 Å². The third kappa shape index (κ3) is 2.71. The van der Waals surface area contributed by atoms with Crippen molar-refractivity contribution in [2.24, 2.45) is 0 Å². The maximum Gasteiger partial charge on any atom is 0.313 e. The quantitative estimate of drug-likeness (QED) is 0.528. The summed E-state index contributed by atoms with van der Waals surface area (Å²) in [6, 6.07) is -0.360. The van der Waals surface area contributed by atoms with Gasteiger partial charge in [0.25, 0.3) is 0 Å². The number of ether oxygens (including phenoxy) is 3. The molecule has 0 bridgehead atoms. The van der Waals surface area contributed by atoms with Gasteiger partial charge in [-0.25, -0.2) is 0 Å². The van der Waals surface area contributed by atoms with Crippen molar-refractivity contribution in [1.82, 2.24) is 10.2 Å². The first kappa shape index (κ1) is 15.7. The zero-order chi connectivity index (χ0) is 16.3. The molecule has 3 aliphatic rings. The molecule has 0 aromatic carbocycles. The number of piperidine rings is 1. The SMILES string of the molecule is CC(C)(O)OCC1CC2OC(C)(C)OC2C2NC(=O)C(=O)N12. The fraction of sp³-hybridized carbons (Fsp3) is 0.857. The van der Waals surface area contributed by atoms with Crippen molar-refractivity contribution in [3.05, 3.63) is 0 Å². The maximum absolute atomic E-state index is 12.1. The van der Waals surface area contributed by atoms with Gasteiger partial charge in [-0.1, -0.05) is 0 Å². The van der Waals surface area contributed by atoms with Crippen molar-refractivity contribution in [3.63, 3.8) is 0 Å². The predicted octanol–water partition coefficient (Wildman–Crippen LogP) is -0.692. The minimum absolute atomic E-state index is 0.119. The summed E-state index contributed by atoms with van der Waals surface area (Å²) >= 11 is 0. The van der Waals surface area contributed by atoms with Gasteiger partial charge in [0.1, 0.15) is 12.3 Å². The summed E-state index contributed by atoms with van der Waals surface area (Å²) in [5.41, 5.74) is 0. The second-order valence-electron chi connectivity index (χ2n) is 6.92. The first-order chi connectivity index (χ1) is 10.1. The van der Waals surface area contributed by atoms with E-state index in [0.29, 0.717) is 6.42 Å². The van der Waals surface area contributed by atoms with Crippen LogP contribution in [-0.2, 0) is 23.8 Å². The van der Waals surface area contributed by atoms with Gasteiger partial charge >= 0.3 is 11.8 Å². The fourth-order valence-electron chi connectivity index (χ4n) is 3.29. The van der Waals surface area contributed by atoms with Crippen LogP contribution in [0.25, 0.3) is 0 Å². The number of nitrogens with zero attached hydrogens (tertiary/aromatic N) is 1. The van der Waals surface area contributed by atoms with Crippen LogP contribution in [-0.4, -0.2) is 64.4 Å². The Morgan fingerprint density at radius 3 is 2.73 bits per heavy atom. The molecule has 8 nitrogen and oxygen atoms in total. The van der Waals surface area contributed by atoms with Crippen molar-refractivity contribution in [1.29, 1.82) is 0 Å². The van der Waals surface area contributed by atoms with Crippen LogP contribution in [0, 0.1) is 0 Å². The van der Waals surface area contributed by atoms with E-state index in [4.69, 9.17) is 14.2 Å². The number of amides is 2. The lowest BCUT2D eigenvalue weighted by Crippen LogP contribution is -2.61. The molecule has 3 heterocycles. The summed E-state index contributed by atoms with van der Waals surface area (Å²) < 4.78 is 17.1. The van der Waals surface area contributed by atoms with Gasteiger partial charge in [-0.15, -0.1) is 0 Å². The molecule has 8 heteroatoms. The molecule has 4 atom stereocenters. The maximum atomic E-state index is 12.1. The summed E-state index contributed by atoms with van der Waals surface area (Å²) in [5.74, 6) is -3.31. The Morgan fingerprint density at radius 1 is 1.41 bits per heavy atom. The van der Waals surface area contributed by atoms with Crippen LogP contribution in [0.2, 0.25) is 0 Å². The van der Waals surface area contributed by atoms with Gasteiger partial charge < -0.3 is 29.5 Å². The molecule has 3 fully saturated rings. The number of aliphatic hydroxyl groups is 1. The Hall–Kier alpha value is -1.22. The van der Waals surface area contributed by atoms with Gasteiger partial charge in [0.05, 0.1) is 18.8 Å². The molecule has 3 rings (SSSR count). The van der Waals surface area contributed by atoms with E-state index in [0.717, 1.165) is 0 Å². The highest BCUT2D eigenvalue weighted by atomic mass is 16.8. The summed E-state index contributed by atoms with van der Waals surface area (Å²) in [6.45, 7) is 6.76.